The zero-order valence-corrected chi connectivity index (χ0v) is 26.2. The second-order valence-electron chi connectivity index (χ2n) is 11.6. The molecule has 0 unspecified atom stereocenters. The van der Waals surface area contributed by atoms with Gasteiger partial charge in [0.05, 0.1) is 23.6 Å². The summed E-state index contributed by atoms with van der Waals surface area (Å²) < 4.78 is 42.6. The average Bonchev–Trinajstić information content (AvgIpc) is 3.01. The summed E-state index contributed by atoms with van der Waals surface area (Å²) in [6.07, 6.45) is -1.52. The van der Waals surface area contributed by atoms with Crippen molar-refractivity contribution in [1.29, 1.82) is 0 Å². The Kier molecular flexibility index (Phi) is 8.56. The third-order valence-corrected chi connectivity index (χ3v) is 8.84. The van der Waals surface area contributed by atoms with Crippen molar-refractivity contribution in [3.8, 4) is 16.9 Å². The van der Waals surface area contributed by atoms with Gasteiger partial charge in [-0.25, -0.2) is 28.3 Å². The fraction of sp³-hybridized carbons (Fsp3) is 0.333. The Morgan fingerprint density at radius 1 is 0.978 bits per heavy atom. The Morgan fingerprint density at radius 2 is 1.72 bits per heavy atom. The minimum atomic E-state index is -1.03. The molecule has 3 aromatic carbocycles. The Hall–Kier alpha value is -4.71. The van der Waals surface area contributed by atoms with Crippen LogP contribution in [0.2, 0.25) is 5.02 Å². The van der Waals surface area contributed by atoms with Crippen LogP contribution in [0.3, 0.4) is 0 Å². The smallest absolute Gasteiger partial charge is 0.410 e. The Labute approximate surface area is 269 Å². The highest BCUT2D eigenvalue weighted by Crippen LogP contribution is 2.43. The summed E-state index contributed by atoms with van der Waals surface area (Å²) in [4.78, 5) is 38.9. The molecule has 0 saturated carbocycles. The largest absolute Gasteiger partial charge is 0.496 e. The number of aromatic nitrogens is 2. The Morgan fingerprint density at radius 3 is 2.41 bits per heavy atom. The lowest BCUT2D eigenvalue weighted by Crippen LogP contribution is -2.58. The predicted octanol–water partition coefficient (Wildman–Crippen LogP) is 6.55. The van der Waals surface area contributed by atoms with E-state index in [1.165, 1.54) is 41.2 Å². The molecular weight excluding hydrogens is 620 g/mol. The van der Waals surface area contributed by atoms with Gasteiger partial charge in [-0.2, -0.15) is 0 Å². The zero-order valence-electron chi connectivity index (χ0n) is 25.4. The lowest BCUT2D eigenvalue weighted by Gasteiger charge is -2.44. The number of ether oxygens (including phenoxy) is 2. The molecule has 6 rings (SSSR count). The highest BCUT2D eigenvalue weighted by Gasteiger charge is 2.38. The van der Waals surface area contributed by atoms with Gasteiger partial charge in [0.2, 0.25) is 0 Å². The summed E-state index contributed by atoms with van der Waals surface area (Å²) in [6, 6.07) is 14.3. The fourth-order valence-electron chi connectivity index (χ4n) is 6.03. The lowest BCUT2D eigenvalue weighted by atomic mass is 9.97. The van der Waals surface area contributed by atoms with Crippen LogP contribution in [0, 0.1) is 11.6 Å². The summed E-state index contributed by atoms with van der Waals surface area (Å²) >= 11 is 6.67. The van der Waals surface area contributed by atoms with Crippen molar-refractivity contribution in [2.45, 2.75) is 38.5 Å². The molecule has 2 atom stereocenters. The molecule has 0 radical (unpaired) electrons. The first-order valence-corrected chi connectivity index (χ1v) is 15.2. The van der Waals surface area contributed by atoms with Gasteiger partial charge < -0.3 is 29.3 Å². The molecule has 3 heterocycles. The van der Waals surface area contributed by atoms with E-state index in [0.717, 1.165) is 5.56 Å². The number of amides is 2. The molecule has 4 aromatic rings. The van der Waals surface area contributed by atoms with E-state index in [9.17, 15) is 14.7 Å². The third kappa shape index (κ3) is 5.73. The number of anilines is 1. The van der Waals surface area contributed by atoms with Crippen LogP contribution in [0.1, 0.15) is 31.2 Å². The monoisotopic (exact) mass is 651 g/mol. The number of fused-ring (bicyclic) bond motifs is 1. The molecule has 2 aliphatic rings. The Bertz CT molecular complexity index is 1810. The van der Waals surface area contributed by atoms with Gasteiger partial charge in [0.1, 0.15) is 35.3 Å². The van der Waals surface area contributed by atoms with Crippen molar-refractivity contribution >= 4 is 40.5 Å². The number of nitrogens with zero attached hydrogens (tertiary/aromatic N) is 5. The molecular formula is C33H32ClF2N5O5. The van der Waals surface area contributed by atoms with Crippen molar-refractivity contribution in [2.24, 2.45) is 0 Å². The van der Waals surface area contributed by atoms with Crippen molar-refractivity contribution in [3.05, 3.63) is 82.6 Å². The molecule has 2 amide bonds. The van der Waals surface area contributed by atoms with Gasteiger partial charge in [0, 0.05) is 49.2 Å². The first-order chi connectivity index (χ1) is 22.1. The average molecular weight is 652 g/mol. The number of carbonyl (C=O) groups excluding carboxylic acids is 1. The quantitative estimate of drug-likeness (QED) is 0.250. The maximum absolute atomic E-state index is 16.6. The zero-order chi connectivity index (χ0) is 32.7. The molecule has 46 heavy (non-hydrogen) atoms. The van der Waals surface area contributed by atoms with Gasteiger partial charge in [0.25, 0.3) is 0 Å². The van der Waals surface area contributed by atoms with Crippen molar-refractivity contribution in [2.75, 3.05) is 38.2 Å². The van der Waals surface area contributed by atoms with Gasteiger partial charge in [-0.1, -0.05) is 48.0 Å². The van der Waals surface area contributed by atoms with Crippen LogP contribution in [0.4, 0.5) is 24.2 Å². The molecule has 1 N–H and O–H groups in total. The number of benzene rings is 3. The number of carbonyl (C=O) groups is 2. The minimum Gasteiger partial charge on any atom is -0.496 e. The van der Waals surface area contributed by atoms with E-state index >= 15 is 8.78 Å². The molecule has 0 spiro atoms. The second kappa shape index (κ2) is 12.6. The minimum absolute atomic E-state index is 0.0631. The predicted molar refractivity (Wildman–Crippen MR) is 168 cm³/mol. The number of hydrogen-bond acceptors (Lipinski definition) is 7. The summed E-state index contributed by atoms with van der Waals surface area (Å²) in [7, 11) is 1.36. The molecule has 13 heteroatoms. The number of methoxy groups -OCH3 is 1. The standard InChI is InChI=1S/C33H32ClF2N5O5/c1-18-14-41(32(42)43)19(2)13-40(18)31-22-12-23(34)26(27-24(35)10-7-11-25(27)45-3)28(36)29(22)37-30(38-31)21-15-39(16-21)33(44)46-17-20-8-5-4-6-9-20/h4-12,18-19,21H,13-17H2,1-3H3,(H,42,43)/t18-,19+/m0/s1. The number of halogens is 3. The Balaban J connectivity index is 1.39. The highest BCUT2D eigenvalue weighted by atomic mass is 35.5. The molecule has 0 bridgehead atoms. The van der Waals surface area contributed by atoms with Gasteiger partial charge in [-0.15, -0.1) is 0 Å². The van der Waals surface area contributed by atoms with Crippen LogP contribution >= 0.6 is 11.6 Å². The van der Waals surface area contributed by atoms with Crippen molar-refractivity contribution in [1.82, 2.24) is 19.8 Å². The topological polar surface area (TPSA) is 108 Å². The van der Waals surface area contributed by atoms with E-state index in [1.54, 1.807) is 6.92 Å². The fourth-order valence-corrected chi connectivity index (χ4v) is 6.32. The maximum atomic E-state index is 16.6. The van der Waals surface area contributed by atoms with Crippen LogP contribution < -0.4 is 9.64 Å². The van der Waals surface area contributed by atoms with Gasteiger partial charge in [-0.05, 0) is 37.6 Å². The van der Waals surface area contributed by atoms with Crippen molar-refractivity contribution in [3.63, 3.8) is 0 Å². The van der Waals surface area contributed by atoms with E-state index in [2.05, 4.69) is 4.98 Å². The van der Waals surface area contributed by atoms with Gasteiger partial charge >= 0.3 is 12.2 Å². The van der Waals surface area contributed by atoms with Crippen LogP contribution in [0.15, 0.2) is 54.6 Å². The number of carboxylic acid groups (broad SMARTS) is 1. The van der Waals surface area contributed by atoms with Crippen molar-refractivity contribution < 1.29 is 33.0 Å². The molecule has 240 valence electrons. The number of rotatable bonds is 6. The van der Waals surface area contributed by atoms with Crippen LogP contribution in [-0.4, -0.2) is 82.4 Å². The highest BCUT2D eigenvalue weighted by molar-refractivity contribution is 6.34. The molecule has 1 aromatic heterocycles. The van der Waals surface area contributed by atoms with E-state index in [4.69, 9.17) is 26.1 Å². The first-order valence-electron chi connectivity index (χ1n) is 14.8. The summed E-state index contributed by atoms with van der Waals surface area (Å²) in [6.45, 7) is 4.76. The van der Waals surface area contributed by atoms with E-state index < -0.39 is 23.8 Å². The number of likely N-dealkylation sites (tertiary alicyclic amines) is 1. The molecule has 2 aliphatic heterocycles. The van der Waals surface area contributed by atoms with Crippen LogP contribution in [0.25, 0.3) is 22.0 Å². The van der Waals surface area contributed by atoms with Crippen LogP contribution in [-0.2, 0) is 11.3 Å². The van der Waals surface area contributed by atoms with E-state index in [1.807, 2.05) is 42.2 Å². The molecule has 2 saturated heterocycles. The second-order valence-corrected chi connectivity index (χ2v) is 12.0. The van der Waals surface area contributed by atoms with E-state index in [0.29, 0.717) is 17.0 Å². The van der Waals surface area contributed by atoms with Gasteiger partial charge in [-0.3, -0.25) is 0 Å². The van der Waals surface area contributed by atoms with Gasteiger partial charge in [0.15, 0.2) is 5.82 Å². The number of piperazine rings is 1. The third-order valence-electron chi connectivity index (χ3n) is 8.54. The molecule has 2 fully saturated rings. The normalized spacial score (nSPS) is 18.4. The SMILES string of the molecule is COc1cccc(F)c1-c1c(Cl)cc2c(N3C[C@@H](C)N(C(=O)O)C[C@@H]3C)nc(C3CN(C(=O)OCc4ccccc4)C3)nc2c1F. The molecule has 10 nitrogen and oxygen atoms in total. The lowest BCUT2D eigenvalue weighted by molar-refractivity contribution is 0.0650. The van der Waals surface area contributed by atoms with Crippen LogP contribution in [0.5, 0.6) is 5.75 Å². The summed E-state index contributed by atoms with van der Waals surface area (Å²) in [5, 5.41) is 9.93. The first kappa shape index (κ1) is 31.3. The maximum Gasteiger partial charge on any atom is 0.410 e. The number of hydrogen-bond donors (Lipinski definition) is 1. The van der Waals surface area contributed by atoms with E-state index in [-0.39, 0.29) is 78.2 Å². The summed E-state index contributed by atoms with van der Waals surface area (Å²) in [5.41, 5.74) is 0.453. The molecule has 0 aliphatic carbocycles. The summed E-state index contributed by atoms with van der Waals surface area (Å²) in [5.74, 6) is -1.12.